The molecule has 1 atom stereocenters. The minimum Gasteiger partial charge on any atom is -0.382 e. The van der Waals surface area contributed by atoms with Gasteiger partial charge in [-0.3, -0.25) is 0 Å². The van der Waals surface area contributed by atoms with Crippen LogP contribution in [-0.4, -0.2) is 22.8 Å². The van der Waals surface area contributed by atoms with Crippen LogP contribution in [0.1, 0.15) is 27.2 Å². The van der Waals surface area contributed by atoms with Gasteiger partial charge in [-0.2, -0.15) is 0 Å². The summed E-state index contributed by atoms with van der Waals surface area (Å²) in [6, 6.07) is 4.18. The van der Waals surface area contributed by atoms with E-state index in [9.17, 15) is 0 Å². The number of rotatable bonds is 4. The Morgan fingerprint density at radius 3 is 2.50 bits per heavy atom. The van der Waals surface area contributed by atoms with Crippen molar-refractivity contribution in [1.29, 1.82) is 0 Å². The van der Waals surface area contributed by atoms with Gasteiger partial charge in [-0.05, 0) is 32.4 Å². The van der Waals surface area contributed by atoms with Crippen LogP contribution in [0.5, 0.6) is 0 Å². The van der Waals surface area contributed by atoms with E-state index in [2.05, 4.69) is 35.9 Å². The highest BCUT2D eigenvalue weighted by Crippen LogP contribution is 2.14. The van der Waals surface area contributed by atoms with Gasteiger partial charge in [-0.25, -0.2) is 0 Å². The third-order valence-corrected chi connectivity index (χ3v) is 2.43. The Bertz CT molecular complexity index is 270. The molecule has 1 aromatic rings. The minimum absolute atomic E-state index is 0.467. The maximum atomic E-state index is 5.48. The van der Waals surface area contributed by atoms with Crippen LogP contribution in [0.15, 0.2) is 12.1 Å². The van der Waals surface area contributed by atoms with Crippen LogP contribution in [-0.2, 0) is 0 Å². The van der Waals surface area contributed by atoms with Crippen LogP contribution in [0.2, 0.25) is 0 Å². The Labute approximate surface area is 85.1 Å². The molecular formula is C10H18N4. The second-order valence-electron chi connectivity index (χ2n) is 3.36. The first-order valence-electron chi connectivity index (χ1n) is 5.04. The molecule has 0 bridgehead atoms. The van der Waals surface area contributed by atoms with Gasteiger partial charge >= 0.3 is 0 Å². The van der Waals surface area contributed by atoms with Crippen LogP contribution < -0.4 is 10.6 Å². The summed E-state index contributed by atoms with van der Waals surface area (Å²) in [6.07, 6.45) is 1.10. The summed E-state index contributed by atoms with van der Waals surface area (Å²) in [5.41, 5.74) is 5.48. The fraction of sp³-hybridized carbons (Fsp3) is 0.600. The third-order valence-electron chi connectivity index (χ3n) is 2.43. The van der Waals surface area contributed by atoms with Crippen molar-refractivity contribution in [2.45, 2.75) is 33.2 Å². The lowest BCUT2D eigenvalue weighted by Gasteiger charge is -2.27. The monoisotopic (exact) mass is 194 g/mol. The molecule has 2 N–H and O–H groups in total. The molecule has 14 heavy (non-hydrogen) atoms. The maximum absolute atomic E-state index is 5.48. The molecular weight excluding hydrogens is 176 g/mol. The van der Waals surface area contributed by atoms with E-state index in [-0.39, 0.29) is 0 Å². The molecule has 0 aliphatic rings. The molecule has 0 amide bonds. The molecule has 0 aliphatic carbocycles. The third kappa shape index (κ3) is 2.34. The zero-order valence-corrected chi connectivity index (χ0v) is 9.07. The highest BCUT2D eigenvalue weighted by molar-refractivity contribution is 5.41. The molecule has 0 saturated carbocycles. The van der Waals surface area contributed by atoms with Crippen molar-refractivity contribution in [3.8, 4) is 0 Å². The topological polar surface area (TPSA) is 55.0 Å². The second-order valence-corrected chi connectivity index (χ2v) is 3.36. The zero-order valence-electron chi connectivity index (χ0n) is 9.07. The fourth-order valence-corrected chi connectivity index (χ4v) is 1.41. The normalized spacial score (nSPS) is 12.5. The molecule has 0 fully saturated rings. The first-order chi connectivity index (χ1) is 6.69. The Hall–Kier alpha value is -1.32. The van der Waals surface area contributed by atoms with Gasteiger partial charge in [-0.1, -0.05) is 6.92 Å². The molecule has 0 aromatic carbocycles. The van der Waals surface area contributed by atoms with E-state index in [1.165, 1.54) is 0 Å². The number of nitrogens with two attached hydrogens (primary N) is 1. The van der Waals surface area contributed by atoms with Crippen molar-refractivity contribution < 1.29 is 0 Å². The van der Waals surface area contributed by atoms with Gasteiger partial charge in [0.2, 0.25) is 0 Å². The number of anilines is 2. The minimum atomic E-state index is 0.467. The summed E-state index contributed by atoms with van der Waals surface area (Å²) in [4.78, 5) is 2.21. The van der Waals surface area contributed by atoms with Crippen LogP contribution >= 0.6 is 0 Å². The van der Waals surface area contributed by atoms with Crippen LogP contribution in [0.25, 0.3) is 0 Å². The summed E-state index contributed by atoms with van der Waals surface area (Å²) in [6.45, 7) is 7.40. The second kappa shape index (κ2) is 4.79. The molecule has 1 unspecified atom stereocenters. The zero-order chi connectivity index (χ0) is 10.6. The van der Waals surface area contributed by atoms with Gasteiger partial charge in [0, 0.05) is 12.6 Å². The number of hydrogen-bond donors (Lipinski definition) is 1. The van der Waals surface area contributed by atoms with Gasteiger partial charge in [-0.15, -0.1) is 10.2 Å². The van der Waals surface area contributed by atoms with Crippen molar-refractivity contribution >= 4 is 11.6 Å². The smallest absolute Gasteiger partial charge is 0.151 e. The predicted octanol–water partition coefficient (Wildman–Crippen LogP) is 1.68. The van der Waals surface area contributed by atoms with Gasteiger partial charge in [0.25, 0.3) is 0 Å². The Morgan fingerprint density at radius 1 is 1.36 bits per heavy atom. The van der Waals surface area contributed by atoms with E-state index in [0.29, 0.717) is 11.9 Å². The van der Waals surface area contributed by atoms with E-state index in [0.717, 1.165) is 18.8 Å². The quantitative estimate of drug-likeness (QED) is 0.792. The number of nitrogen functional groups attached to an aromatic ring is 1. The summed E-state index contributed by atoms with van der Waals surface area (Å²) >= 11 is 0. The van der Waals surface area contributed by atoms with E-state index in [1.807, 2.05) is 6.07 Å². The summed E-state index contributed by atoms with van der Waals surface area (Å²) in [5, 5.41) is 7.92. The standard InChI is InChI=1S/C10H18N4/c1-4-8(3)14(5-2)10-7-6-9(11)12-13-10/h6-8H,4-5H2,1-3H3,(H2,11,12). The van der Waals surface area contributed by atoms with Crippen molar-refractivity contribution in [3.05, 3.63) is 12.1 Å². The molecule has 1 heterocycles. The Balaban J connectivity index is 2.84. The first kappa shape index (κ1) is 10.8. The SMILES string of the molecule is CCC(C)N(CC)c1ccc(N)nn1. The van der Waals surface area contributed by atoms with E-state index in [1.54, 1.807) is 6.07 Å². The summed E-state index contributed by atoms with van der Waals surface area (Å²) < 4.78 is 0. The Morgan fingerprint density at radius 2 is 2.07 bits per heavy atom. The average molecular weight is 194 g/mol. The van der Waals surface area contributed by atoms with Crippen molar-refractivity contribution in [3.63, 3.8) is 0 Å². The van der Waals surface area contributed by atoms with E-state index >= 15 is 0 Å². The molecule has 4 heteroatoms. The highest BCUT2D eigenvalue weighted by atomic mass is 15.3. The van der Waals surface area contributed by atoms with Crippen molar-refractivity contribution in [2.75, 3.05) is 17.2 Å². The van der Waals surface area contributed by atoms with Crippen LogP contribution in [0.4, 0.5) is 11.6 Å². The van der Waals surface area contributed by atoms with Crippen LogP contribution in [0, 0.1) is 0 Å². The average Bonchev–Trinajstić information content (AvgIpc) is 2.21. The molecule has 1 aromatic heterocycles. The number of aromatic nitrogens is 2. The molecule has 0 saturated heterocycles. The summed E-state index contributed by atoms with van der Waals surface area (Å²) in [7, 11) is 0. The van der Waals surface area contributed by atoms with Gasteiger partial charge in [0.15, 0.2) is 5.82 Å². The molecule has 0 radical (unpaired) electrons. The number of hydrogen-bond acceptors (Lipinski definition) is 4. The van der Waals surface area contributed by atoms with E-state index < -0.39 is 0 Å². The van der Waals surface area contributed by atoms with Crippen molar-refractivity contribution in [1.82, 2.24) is 10.2 Å². The van der Waals surface area contributed by atoms with Gasteiger partial charge in [0.1, 0.15) is 5.82 Å². The Kier molecular flexibility index (Phi) is 3.68. The van der Waals surface area contributed by atoms with Crippen molar-refractivity contribution in [2.24, 2.45) is 0 Å². The molecule has 1 rings (SSSR count). The summed E-state index contributed by atoms with van der Waals surface area (Å²) in [5.74, 6) is 1.37. The lowest BCUT2D eigenvalue weighted by Crippen LogP contribution is -2.33. The lowest BCUT2D eigenvalue weighted by molar-refractivity contribution is 0.619. The van der Waals surface area contributed by atoms with Gasteiger partial charge < -0.3 is 10.6 Å². The predicted molar refractivity (Wildman–Crippen MR) is 59.2 cm³/mol. The molecule has 4 nitrogen and oxygen atoms in total. The largest absolute Gasteiger partial charge is 0.382 e. The highest BCUT2D eigenvalue weighted by Gasteiger charge is 2.11. The van der Waals surface area contributed by atoms with E-state index in [4.69, 9.17) is 5.73 Å². The molecule has 0 aliphatic heterocycles. The molecule has 78 valence electrons. The fourth-order valence-electron chi connectivity index (χ4n) is 1.41. The lowest BCUT2D eigenvalue weighted by atomic mass is 10.2. The number of nitrogens with zero attached hydrogens (tertiary/aromatic N) is 3. The molecule has 0 spiro atoms. The van der Waals surface area contributed by atoms with Crippen LogP contribution in [0.3, 0.4) is 0 Å². The maximum Gasteiger partial charge on any atom is 0.151 e. The van der Waals surface area contributed by atoms with Gasteiger partial charge in [0.05, 0.1) is 0 Å². The first-order valence-corrected chi connectivity index (χ1v) is 5.04.